The molecule has 0 amide bonds. The maximum Gasteiger partial charge on any atom is 0.328 e. The van der Waals surface area contributed by atoms with Crippen LogP contribution < -0.4 is 5.32 Å². The summed E-state index contributed by atoms with van der Waals surface area (Å²) in [5.74, 6) is 0.890. The van der Waals surface area contributed by atoms with Crippen LogP contribution in [0, 0.1) is 5.41 Å². The van der Waals surface area contributed by atoms with Crippen LogP contribution in [0.25, 0.3) is 0 Å². The van der Waals surface area contributed by atoms with Crippen molar-refractivity contribution >= 4 is 22.9 Å². The van der Waals surface area contributed by atoms with Gasteiger partial charge in [0.1, 0.15) is 6.04 Å². The van der Waals surface area contributed by atoms with Gasteiger partial charge in [0.15, 0.2) is 5.17 Å². The summed E-state index contributed by atoms with van der Waals surface area (Å²) >= 11 is 1.75. The Hall–Kier alpha value is -0.710. The van der Waals surface area contributed by atoms with E-state index in [0.717, 1.165) is 17.5 Å². The smallest absolute Gasteiger partial charge is 0.328 e. The van der Waals surface area contributed by atoms with Crippen molar-refractivity contribution in [2.24, 2.45) is 10.4 Å². The number of amidine groups is 1. The minimum absolute atomic E-state index is 0.241. The molecule has 1 unspecified atom stereocenters. The molecule has 1 fully saturated rings. The first kappa shape index (κ1) is 12.7. The van der Waals surface area contributed by atoms with E-state index in [9.17, 15) is 4.79 Å². The van der Waals surface area contributed by atoms with Crippen molar-refractivity contribution in [3.05, 3.63) is 0 Å². The molecule has 1 aliphatic carbocycles. The molecule has 17 heavy (non-hydrogen) atoms. The van der Waals surface area contributed by atoms with Gasteiger partial charge in [-0.05, 0) is 25.2 Å². The van der Waals surface area contributed by atoms with Crippen molar-refractivity contribution in [1.29, 1.82) is 0 Å². The first-order valence-corrected chi connectivity index (χ1v) is 7.15. The number of carbonyl (C=O) groups is 1. The van der Waals surface area contributed by atoms with E-state index >= 15 is 0 Å². The topological polar surface area (TPSA) is 50.7 Å². The first-order chi connectivity index (χ1) is 8.15. The van der Waals surface area contributed by atoms with Crippen LogP contribution in [-0.2, 0) is 9.53 Å². The second-order valence-electron chi connectivity index (χ2n) is 5.01. The molecular weight excluding hydrogens is 236 g/mol. The lowest BCUT2D eigenvalue weighted by molar-refractivity contribution is -0.142. The molecule has 1 spiro atoms. The number of hydrogen-bond donors (Lipinski definition) is 1. The third kappa shape index (κ3) is 2.94. The predicted octanol–water partition coefficient (Wildman–Crippen LogP) is 1.80. The van der Waals surface area contributed by atoms with Gasteiger partial charge in [0.05, 0.1) is 7.11 Å². The second kappa shape index (κ2) is 5.29. The summed E-state index contributed by atoms with van der Waals surface area (Å²) in [5.41, 5.74) is 0.449. The van der Waals surface area contributed by atoms with E-state index in [0.29, 0.717) is 5.41 Å². The number of rotatable bonds is 2. The molecule has 1 aliphatic heterocycles. The van der Waals surface area contributed by atoms with Gasteiger partial charge < -0.3 is 10.1 Å². The molecule has 0 bridgehead atoms. The van der Waals surface area contributed by atoms with Gasteiger partial charge in [0.2, 0.25) is 0 Å². The van der Waals surface area contributed by atoms with Crippen LogP contribution in [-0.4, -0.2) is 36.6 Å². The number of nitrogens with one attached hydrogen (secondary N) is 1. The summed E-state index contributed by atoms with van der Waals surface area (Å²) < 4.78 is 4.68. The summed E-state index contributed by atoms with van der Waals surface area (Å²) in [6, 6.07) is -0.316. The standard InChI is InChI=1S/C12H20N2O2S/c1-9(10(15)16-2)14-11-13-7-12(8-17-11)5-3-4-6-12/h9H,3-8H2,1-2H3,(H,13,14). The zero-order valence-corrected chi connectivity index (χ0v) is 11.3. The van der Waals surface area contributed by atoms with Crippen LogP contribution in [0.2, 0.25) is 0 Å². The van der Waals surface area contributed by atoms with Crippen molar-refractivity contribution in [3.8, 4) is 0 Å². The number of ether oxygens (including phenoxy) is 1. The quantitative estimate of drug-likeness (QED) is 0.765. The van der Waals surface area contributed by atoms with Crippen LogP contribution in [0.1, 0.15) is 32.6 Å². The highest BCUT2D eigenvalue weighted by Gasteiger charge is 2.36. The molecule has 1 atom stereocenters. The Morgan fingerprint density at radius 1 is 1.53 bits per heavy atom. The average Bonchev–Trinajstić information content (AvgIpc) is 2.80. The molecule has 1 N–H and O–H groups in total. The predicted molar refractivity (Wildman–Crippen MR) is 70.3 cm³/mol. The molecule has 1 saturated carbocycles. The first-order valence-electron chi connectivity index (χ1n) is 6.17. The lowest BCUT2D eigenvalue weighted by atomic mass is 9.89. The minimum atomic E-state index is -0.316. The Morgan fingerprint density at radius 2 is 2.24 bits per heavy atom. The molecule has 0 aromatic carbocycles. The highest BCUT2D eigenvalue weighted by molar-refractivity contribution is 8.13. The molecule has 1 heterocycles. The monoisotopic (exact) mass is 256 g/mol. The number of nitrogens with zero attached hydrogens (tertiary/aromatic N) is 1. The summed E-state index contributed by atoms with van der Waals surface area (Å²) in [6.07, 6.45) is 5.31. The van der Waals surface area contributed by atoms with Gasteiger partial charge in [-0.3, -0.25) is 4.99 Å². The molecule has 0 aromatic rings. The largest absolute Gasteiger partial charge is 0.467 e. The number of carbonyl (C=O) groups excluding carboxylic acids is 1. The number of thioether (sulfide) groups is 1. The lowest BCUT2D eigenvalue weighted by Crippen LogP contribution is -2.41. The molecule has 4 nitrogen and oxygen atoms in total. The van der Waals surface area contributed by atoms with Crippen LogP contribution in [0.5, 0.6) is 0 Å². The summed E-state index contributed by atoms with van der Waals surface area (Å²) in [7, 11) is 1.41. The fourth-order valence-electron chi connectivity index (χ4n) is 2.49. The van der Waals surface area contributed by atoms with E-state index in [2.05, 4.69) is 15.0 Å². The van der Waals surface area contributed by atoms with Gasteiger partial charge in [0, 0.05) is 12.3 Å². The van der Waals surface area contributed by atoms with Crippen LogP contribution in [0.15, 0.2) is 4.99 Å². The van der Waals surface area contributed by atoms with Crippen LogP contribution >= 0.6 is 11.8 Å². The molecule has 0 saturated heterocycles. The van der Waals surface area contributed by atoms with Gasteiger partial charge in [-0.15, -0.1) is 0 Å². The number of esters is 1. The summed E-state index contributed by atoms with van der Waals surface area (Å²) in [6.45, 7) is 2.71. The van der Waals surface area contributed by atoms with E-state index < -0.39 is 0 Å². The molecule has 2 aliphatic rings. The molecule has 0 aromatic heterocycles. The van der Waals surface area contributed by atoms with Crippen molar-refractivity contribution in [2.75, 3.05) is 19.4 Å². The highest BCUT2D eigenvalue weighted by Crippen LogP contribution is 2.43. The average molecular weight is 256 g/mol. The van der Waals surface area contributed by atoms with Gasteiger partial charge >= 0.3 is 5.97 Å². The Kier molecular flexibility index (Phi) is 3.97. The number of hydrogen-bond acceptors (Lipinski definition) is 5. The molecule has 2 rings (SSSR count). The van der Waals surface area contributed by atoms with E-state index in [1.54, 1.807) is 18.7 Å². The Balaban J connectivity index is 1.88. The molecule has 0 radical (unpaired) electrons. The van der Waals surface area contributed by atoms with Gasteiger partial charge in [-0.25, -0.2) is 4.79 Å². The number of aliphatic imine (C=N–C) groups is 1. The Bertz CT molecular complexity index is 324. The molecule has 5 heteroatoms. The van der Waals surface area contributed by atoms with Crippen molar-refractivity contribution < 1.29 is 9.53 Å². The third-order valence-electron chi connectivity index (χ3n) is 3.63. The van der Waals surface area contributed by atoms with Crippen molar-refractivity contribution in [3.63, 3.8) is 0 Å². The zero-order valence-electron chi connectivity index (χ0n) is 10.5. The lowest BCUT2D eigenvalue weighted by Gasteiger charge is -2.31. The molecular formula is C12H20N2O2S. The third-order valence-corrected chi connectivity index (χ3v) is 4.91. The van der Waals surface area contributed by atoms with E-state index in [4.69, 9.17) is 0 Å². The second-order valence-corrected chi connectivity index (χ2v) is 5.97. The SMILES string of the molecule is COC(=O)C(C)NC1=NCC2(CCCC2)CS1. The van der Waals surface area contributed by atoms with Gasteiger partial charge in [-0.1, -0.05) is 24.6 Å². The fraction of sp³-hybridized carbons (Fsp3) is 0.833. The van der Waals surface area contributed by atoms with Crippen molar-refractivity contribution in [1.82, 2.24) is 5.32 Å². The Labute approximate surface area is 107 Å². The maximum absolute atomic E-state index is 11.3. The molecule has 96 valence electrons. The fourth-order valence-corrected chi connectivity index (χ4v) is 3.73. The van der Waals surface area contributed by atoms with E-state index in [-0.39, 0.29) is 12.0 Å². The van der Waals surface area contributed by atoms with E-state index in [1.165, 1.54) is 32.8 Å². The maximum atomic E-state index is 11.3. The summed E-state index contributed by atoms with van der Waals surface area (Å²) in [4.78, 5) is 15.9. The normalized spacial score (nSPS) is 24.2. The summed E-state index contributed by atoms with van der Waals surface area (Å²) in [5, 5.41) is 4.00. The zero-order chi connectivity index (χ0) is 12.3. The Morgan fingerprint density at radius 3 is 2.76 bits per heavy atom. The minimum Gasteiger partial charge on any atom is -0.467 e. The van der Waals surface area contributed by atoms with Gasteiger partial charge in [-0.2, -0.15) is 0 Å². The van der Waals surface area contributed by atoms with Gasteiger partial charge in [0.25, 0.3) is 0 Å². The number of methoxy groups -OCH3 is 1. The van der Waals surface area contributed by atoms with Crippen LogP contribution in [0.3, 0.4) is 0 Å². The van der Waals surface area contributed by atoms with E-state index in [1.807, 2.05) is 0 Å². The highest BCUT2D eigenvalue weighted by atomic mass is 32.2. The van der Waals surface area contributed by atoms with Crippen LogP contribution in [0.4, 0.5) is 0 Å². The van der Waals surface area contributed by atoms with Crippen molar-refractivity contribution in [2.45, 2.75) is 38.6 Å².